The Bertz CT molecular complexity index is 778. The minimum absolute atomic E-state index is 0.0276. The minimum atomic E-state index is -0.703. The molecule has 0 fully saturated rings. The Morgan fingerprint density at radius 3 is 2.62 bits per heavy atom. The van der Waals surface area contributed by atoms with Crippen molar-refractivity contribution >= 4 is 29.7 Å². The number of nitrogens with one attached hydrogen (secondary N) is 2. The Morgan fingerprint density at radius 1 is 1.19 bits per heavy atom. The Morgan fingerprint density at radius 2 is 1.92 bits per heavy atom. The van der Waals surface area contributed by atoms with Crippen molar-refractivity contribution in [3.63, 3.8) is 0 Å². The van der Waals surface area contributed by atoms with Gasteiger partial charge in [0.2, 0.25) is 0 Å². The molecule has 0 aliphatic heterocycles. The van der Waals surface area contributed by atoms with Crippen LogP contribution in [-0.2, 0) is 20.9 Å². The van der Waals surface area contributed by atoms with E-state index in [4.69, 9.17) is 4.74 Å². The lowest BCUT2D eigenvalue weighted by Gasteiger charge is -2.08. The summed E-state index contributed by atoms with van der Waals surface area (Å²) in [6.07, 6.45) is 0. The van der Waals surface area contributed by atoms with Gasteiger partial charge in [-0.3, -0.25) is 14.9 Å². The zero-order valence-corrected chi connectivity index (χ0v) is 15.2. The van der Waals surface area contributed by atoms with Gasteiger partial charge in [-0.15, -0.1) is 10.2 Å². The average molecular weight is 377 g/mol. The molecule has 3 amide bonds. The van der Waals surface area contributed by atoms with Gasteiger partial charge in [-0.25, -0.2) is 4.79 Å². The van der Waals surface area contributed by atoms with E-state index in [9.17, 15) is 14.4 Å². The van der Waals surface area contributed by atoms with Crippen LogP contribution in [0.3, 0.4) is 0 Å². The molecule has 2 aromatic rings. The lowest BCUT2D eigenvalue weighted by atomic mass is 10.2. The van der Waals surface area contributed by atoms with Crippen LogP contribution in [0.15, 0.2) is 35.5 Å². The summed E-state index contributed by atoms with van der Waals surface area (Å²) in [7, 11) is 1.37. The van der Waals surface area contributed by atoms with E-state index in [1.165, 1.54) is 18.8 Å². The highest BCUT2D eigenvalue weighted by Crippen LogP contribution is 2.18. The molecule has 0 bridgehead atoms. The fraction of sp³-hybridized carbons (Fsp3) is 0.312. The first-order valence-corrected chi connectivity index (χ1v) is 8.72. The van der Waals surface area contributed by atoms with Crippen molar-refractivity contribution in [2.45, 2.75) is 18.6 Å². The molecular weight excluding hydrogens is 358 g/mol. The van der Waals surface area contributed by atoms with E-state index in [1.807, 2.05) is 47.1 Å². The number of imide groups is 1. The van der Waals surface area contributed by atoms with Crippen molar-refractivity contribution in [3.8, 4) is 0 Å². The molecule has 0 aliphatic rings. The van der Waals surface area contributed by atoms with Gasteiger partial charge in [0.1, 0.15) is 5.82 Å². The van der Waals surface area contributed by atoms with Crippen LogP contribution < -0.4 is 10.6 Å². The number of aromatic nitrogens is 3. The zero-order chi connectivity index (χ0) is 18.9. The van der Waals surface area contributed by atoms with Crippen molar-refractivity contribution in [1.29, 1.82) is 0 Å². The van der Waals surface area contributed by atoms with Crippen LogP contribution in [0.25, 0.3) is 0 Å². The summed E-state index contributed by atoms with van der Waals surface area (Å²) in [5.74, 6) is -0.588. The lowest BCUT2D eigenvalue weighted by Crippen LogP contribution is -2.39. The normalized spacial score (nSPS) is 10.2. The molecule has 0 spiro atoms. The summed E-state index contributed by atoms with van der Waals surface area (Å²) in [6.45, 7) is 1.90. The number of thioether (sulfide) groups is 1. The molecule has 0 saturated heterocycles. The van der Waals surface area contributed by atoms with E-state index in [0.29, 0.717) is 11.7 Å². The maximum atomic E-state index is 11.8. The number of hydrogen-bond acceptors (Lipinski definition) is 7. The molecular formula is C16H19N5O4S. The molecule has 0 saturated carbocycles. The predicted octanol–water partition coefficient (Wildman–Crippen LogP) is 0.726. The fourth-order valence-electron chi connectivity index (χ4n) is 1.95. The second-order valence-corrected chi connectivity index (χ2v) is 6.12. The Hall–Kier alpha value is -2.88. The van der Waals surface area contributed by atoms with E-state index in [2.05, 4.69) is 15.5 Å². The van der Waals surface area contributed by atoms with Crippen molar-refractivity contribution in [2.24, 2.45) is 0 Å². The average Bonchev–Trinajstić information content (AvgIpc) is 2.99. The number of urea groups is 1. The van der Waals surface area contributed by atoms with Crippen LogP contribution in [-0.4, -0.2) is 52.1 Å². The Kier molecular flexibility index (Phi) is 7.15. The van der Waals surface area contributed by atoms with E-state index in [0.717, 1.165) is 11.4 Å². The van der Waals surface area contributed by atoms with Crippen LogP contribution >= 0.6 is 11.8 Å². The topological polar surface area (TPSA) is 115 Å². The van der Waals surface area contributed by atoms with Crippen molar-refractivity contribution in [2.75, 3.05) is 19.4 Å². The second kappa shape index (κ2) is 9.56. The third-order valence-electron chi connectivity index (χ3n) is 3.25. The second-order valence-electron chi connectivity index (χ2n) is 5.18. The van der Waals surface area contributed by atoms with Gasteiger partial charge in [-0.2, -0.15) is 0 Å². The van der Waals surface area contributed by atoms with Crippen LogP contribution in [0, 0.1) is 6.92 Å². The van der Waals surface area contributed by atoms with Crippen LogP contribution in [0.1, 0.15) is 11.4 Å². The smallest absolute Gasteiger partial charge is 0.321 e. The number of amides is 3. The molecule has 0 unspecified atom stereocenters. The monoisotopic (exact) mass is 377 g/mol. The molecule has 1 heterocycles. The molecule has 26 heavy (non-hydrogen) atoms. The molecule has 1 aromatic carbocycles. The quantitative estimate of drug-likeness (QED) is 0.540. The maximum absolute atomic E-state index is 11.8. The number of benzene rings is 1. The van der Waals surface area contributed by atoms with E-state index in [1.54, 1.807) is 0 Å². The molecule has 9 nitrogen and oxygen atoms in total. The summed E-state index contributed by atoms with van der Waals surface area (Å²) in [4.78, 5) is 34.1. The van der Waals surface area contributed by atoms with Crippen LogP contribution in [0.4, 0.5) is 4.79 Å². The molecule has 2 rings (SSSR count). The van der Waals surface area contributed by atoms with Crippen LogP contribution in [0.5, 0.6) is 0 Å². The van der Waals surface area contributed by atoms with E-state index >= 15 is 0 Å². The first kappa shape index (κ1) is 19.4. The fourth-order valence-corrected chi connectivity index (χ4v) is 2.73. The lowest BCUT2D eigenvalue weighted by molar-refractivity contribution is -0.145. The number of hydrogen-bond donors (Lipinski definition) is 2. The van der Waals surface area contributed by atoms with Crippen molar-refractivity contribution in [3.05, 3.63) is 41.7 Å². The van der Waals surface area contributed by atoms with Gasteiger partial charge in [-0.05, 0) is 12.5 Å². The van der Waals surface area contributed by atoms with Gasteiger partial charge < -0.3 is 14.6 Å². The van der Waals surface area contributed by atoms with Crippen molar-refractivity contribution < 1.29 is 19.1 Å². The number of carbonyl (C=O) groups excluding carboxylic acids is 3. The summed E-state index contributed by atoms with van der Waals surface area (Å²) in [6, 6.07) is 9.16. The van der Waals surface area contributed by atoms with Gasteiger partial charge in [0.15, 0.2) is 11.8 Å². The molecule has 138 valence electrons. The minimum Gasteiger partial charge on any atom is -0.455 e. The summed E-state index contributed by atoms with van der Waals surface area (Å²) in [5.41, 5.74) is 1.09. The molecule has 2 N–H and O–H groups in total. The first-order chi connectivity index (χ1) is 12.5. The molecule has 0 radical (unpaired) electrons. The standard InChI is InChI=1S/C16H19N5O4S/c1-11-19-20-16(21(11)8-12-6-4-3-5-7-12)26-10-14(23)25-9-13(22)18-15(24)17-2/h3-7H,8-10H2,1-2H3,(H2,17,18,22,24). The third-order valence-corrected chi connectivity index (χ3v) is 4.19. The zero-order valence-electron chi connectivity index (χ0n) is 14.4. The van der Waals surface area contributed by atoms with E-state index in [-0.39, 0.29) is 5.75 Å². The highest BCUT2D eigenvalue weighted by molar-refractivity contribution is 7.99. The summed E-state index contributed by atoms with van der Waals surface area (Å²) in [5, 5.41) is 12.9. The highest BCUT2D eigenvalue weighted by atomic mass is 32.2. The SMILES string of the molecule is CNC(=O)NC(=O)COC(=O)CSc1nnc(C)n1Cc1ccccc1. The van der Waals surface area contributed by atoms with Crippen molar-refractivity contribution in [1.82, 2.24) is 25.4 Å². The number of esters is 1. The molecule has 0 aliphatic carbocycles. The number of aryl methyl sites for hydroxylation is 1. The summed E-state index contributed by atoms with van der Waals surface area (Å²) < 4.78 is 6.72. The van der Waals surface area contributed by atoms with Gasteiger partial charge >= 0.3 is 12.0 Å². The van der Waals surface area contributed by atoms with Gasteiger partial charge in [-0.1, -0.05) is 42.1 Å². The number of rotatable bonds is 7. The molecule has 10 heteroatoms. The number of nitrogens with zero attached hydrogens (tertiary/aromatic N) is 3. The first-order valence-electron chi connectivity index (χ1n) is 7.73. The molecule has 0 atom stereocenters. The third kappa shape index (κ3) is 5.88. The van der Waals surface area contributed by atoms with Gasteiger partial charge in [0.25, 0.3) is 5.91 Å². The van der Waals surface area contributed by atoms with Gasteiger partial charge in [0, 0.05) is 7.05 Å². The highest BCUT2D eigenvalue weighted by Gasteiger charge is 2.14. The number of carbonyl (C=O) groups is 3. The maximum Gasteiger partial charge on any atom is 0.321 e. The summed E-state index contributed by atoms with van der Waals surface area (Å²) >= 11 is 1.17. The Balaban J connectivity index is 1.85. The number of ether oxygens (including phenoxy) is 1. The largest absolute Gasteiger partial charge is 0.455 e. The molecule has 1 aromatic heterocycles. The Labute approximate surface area is 154 Å². The van der Waals surface area contributed by atoms with Gasteiger partial charge in [0.05, 0.1) is 12.3 Å². The van der Waals surface area contributed by atoms with Crippen LogP contribution in [0.2, 0.25) is 0 Å². The predicted molar refractivity (Wildman–Crippen MR) is 94.6 cm³/mol. The van der Waals surface area contributed by atoms with E-state index < -0.39 is 24.5 Å².